The summed E-state index contributed by atoms with van der Waals surface area (Å²) < 4.78 is 43.9. The number of amides is 1. The van der Waals surface area contributed by atoms with Gasteiger partial charge in [-0.15, -0.1) is 0 Å². The maximum Gasteiger partial charge on any atom is 0.421 e. The number of aromatic nitrogens is 2. The predicted octanol–water partition coefficient (Wildman–Crippen LogP) is 4.11. The molecule has 6 rings (SSSR count). The van der Waals surface area contributed by atoms with Crippen LogP contribution >= 0.6 is 11.3 Å². The Bertz CT molecular complexity index is 1200. The Kier molecular flexibility index (Phi) is 5.40. The number of piperidine rings is 1. The van der Waals surface area contributed by atoms with Crippen LogP contribution in [-0.2, 0) is 4.74 Å². The maximum absolute atomic E-state index is 13.8. The standard InChI is InChI=1S/C22H24F2N4O5S/c1-21(2,3)33-20(30)28-12-8-13(28)10-27(9-12)19-26-16-15(32-22(23,24)11-29)5-4-14(17(16)34-19)18-25-6-7-31-18/h4-7,12-13,29H,8-11H2,1-3H3. The van der Waals surface area contributed by atoms with Gasteiger partial charge in [-0.2, -0.15) is 8.78 Å². The van der Waals surface area contributed by atoms with E-state index in [0.717, 1.165) is 6.42 Å². The molecule has 182 valence electrons. The van der Waals surface area contributed by atoms with Crippen LogP contribution in [0.3, 0.4) is 0 Å². The quantitative estimate of drug-likeness (QED) is 0.566. The molecule has 3 fully saturated rings. The van der Waals surface area contributed by atoms with E-state index < -0.39 is 18.3 Å². The second kappa shape index (κ2) is 8.05. The van der Waals surface area contributed by atoms with Crippen molar-refractivity contribution in [1.82, 2.24) is 14.9 Å². The third-order valence-electron chi connectivity index (χ3n) is 5.67. The molecule has 2 atom stereocenters. The Labute approximate surface area is 197 Å². The molecule has 3 aliphatic rings. The highest BCUT2D eigenvalue weighted by atomic mass is 32.1. The lowest BCUT2D eigenvalue weighted by atomic mass is 9.88. The van der Waals surface area contributed by atoms with Gasteiger partial charge in [0.1, 0.15) is 24.0 Å². The minimum atomic E-state index is -3.75. The highest BCUT2D eigenvalue weighted by Gasteiger charge is 2.49. The lowest BCUT2D eigenvalue weighted by Gasteiger charge is -2.55. The molecule has 34 heavy (non-hydrogen) atoms. The summed E-state index contributed by atoms with van der Waals surface area (Å²) in [6.45, 7) is 5.14. The number of fused-ring (bicyclic) bond motifs is 3. The second-order valence-electron chi connectivity index (χ2n) is 9.36. The van der Waals surface area contributed by atoms with Gasteiger partial charge in [0.05, 0.1) is 28.5 Å². The zero-order valence-corrected chi connectivity index (χ0v) is 19.6. The molecule has 3 aliphatic heterocycles. The molecule has 5 heterocycles. The molecule has 1 amide bonds. The van der Waals surface area contributed by atoms with Gasteiger partial charge in [0.15, 0.2) is 10.9 Å². The number of nitrogens with zero attached hydrogens (tertiary/aromatic N) is 4. The number of ether oxygens (including phenoxy) is 2. The Morgan fingerprint density at radius 3 is 2.65 bits per heavy atom. The number of anilines is 1. The number of aliphatic hydroxyl groups excluding tert-OH is 1. The molecule has 3 aromatic rings. The van der Waals surface area contributed by atoms with Crippen LogP contribution in [0.4, 0.5) is 18.7 Å². The molecule has 2 aromatic heterocycles. The first-order chi connectivity index (χ1) is 16.0. The van der Waals surface area contributed by atoms with Crippen molar-refractivity contribution in [3.05, 3.63) is 24.6 Å². The van der Waals surface area contributed by atoms with Gasteiger partial charge in [-0.25, -0.2) is 14.8 Å². The minimum absolute atomic E-state index is 0.0127. The van der Waals surface area contributed by atoms with E-state index in [4.69, 9.17) is 19.0 Å². The van der Waals surface area contributed by atoms with Gasteiger partial charge in [0.25, 0.3) is 0 Å². The fraction of sp³-hybridized carbons (Fsp3) is 0.500. The van der Waals surface area contributed by atoms with Crippen molar-refractivity contribution in [1.29, 1.82) is 0 Å². The smallest absolute Gasteiger partial charge is 0.421 e. The topological polar surface area (TPSA) is 101 Å². The fourth-order valence-corrected chi connectivity index (χ4v) is 5.39. The number of hydrogen-bond donors (Lipinski definition) is 1. The van der Waals surface area contributed by atoms with Crippen molar-refractivity contribution in [3.8, 4) is 17.2 Å². The SMILES string of the molecule is CC(C)(C)OC(=O)N1C2CC1CN(c1nc3c(OC(F)(F)CO)ccc(-c4ncco4)c3s1)C2. The summed E-state index contributed by atoms with van der Waals surface area (Å²) >= 11 is 1.31. The molecule has 0 spiro atoms. The number of hydrogen-bond acceptors (Lipinski definition) is 9. The molecular weight excluding hydrogens is 470 g/mol. The van der Waals surface area contributed by atoms with Crippen LogP contribution in [0.2, 0.25) is 0 Å². The molecule has 1 aromatic carbocycles. The van der Waals surface area contributed by atoms with E-state index in [1.54, 1.807) is 11.0 Å². The number of oxazole rings is 1. The first-order valence-electron chi connectivity index (χ1n) is 10.8. The number of piperazine rings is 1. The molecule has 9 nitrogen and oxygen atoms in total. The number of carbonyl (C=O) groups is 1. The Morgan fingerprint density at radius 2 is 2.03 bits per heavy atom. The second-order valence-corrected chi connectivity index (χ2v) is 10.3. The van der Waals surface area contributed by atoms with E-state index in [1.165, 1.54) is 29.9 Å². The largest absolute Gasteiger partial charge is 0.444 e. The number of rotatable bonds is 5. The number of carbonyl (C=O) groups excluding carboxylic acids is 1. The summed E-state index contributed by atoms with van der Waals surface area (Å²) in [5, 5.41) is 9.56. The van der Waals surface area contributed by atoms with Crippen molar-refractivity contribution in [2.45, 2.75) is 51.0 Å². The van der Waals surface area contributed by atoms with Gasteiger partial charge >= 0.3 is 12.2 Å². The summed E-state index contributed by atoms with van der Waals surface area (Å²) in [5.74, 6) is 0.183. The van der Waals surface area contributed by atoms with E-state index in [1.807, 2.05) is 25.7 Å². The molecule has 2 bridgehead atoms. The Hall–Kier alpha value is -2.99. The van der Waals surface area contributed by atoms with E-state index in [2.05, 4.69) is 9.97 Å². The third-order valence-corrected chi connectivity index (χ3v) is 6.82. The van der Waals surface area contributed by atoms with Crippen LogP contribution in [0.25, 0.3) is 21.7 Å². The van der Waals surface area contributed by atoms with Gasteiger partial charge in [-0.1, -0.05) is 11.3 Å². The summed E-state index contributed by atoms with van der Waals surface area (Å²) in [5.41, 5.74) is 0.254. The Balaban J connectivity index is 1.45. The molecule has 3 saturated heterocycles. The van der Waals surface area contributed by atoms with E-state index in [0.29, 0.717) is 34.4 Å². The lowest BCUT2D eigenvalue weighted by Crippen LogP contribution is -2.70. The Morgan fingerprint density at radius 1 is 1.29 bits per heavy atom. The van der Waals surface area contributed by atoms with E-state index >= 15 is 0 Å². The first kappa shape index (κ1) is 22.8. The molecule has 1 N–H and O–H groups in total. The third kappa shape index (κ3) is 4.16. The minimum Gasteiger partial charge on any atom is -0.444 e. The van der Waals surface area contributed by atoms with Crippen molar-refractivity contribution < 1.29 is 32.6 Å². The van der Waals surface area contributed by atoms with Gasteiger partial charge in [0, 0.05) is 13.1 Å². The average Bonchev–Trinajstić information content (AvgIpc) is 3.43. The summed E-state index contributed by atoms with van der Waals surface area (Å²) in [7, 11) is 0. The average molecular weight is 495 g/mol. The number of alkyl halides is 2. The van der Waals surface area contributed by atoms with Crippen LogP contribution in [-0.4, -0.2) is 69.6 Å². The van der Waals surface area contributed by atoms with Crippen molar-refractivity contribution >= 4 is 32.8 Å². The summed E-state index contributed by atoms with van der Waals surface area (Å²) in [6.07, 6.45) is -0.278. The number of thiazole rings is 1. The van der Waals surface area contributed by atoms with E-state index in [-0.39, 0.29) is 29.4 Å². The van der Waals surface area contributed by atoms with Crippen LogP contribution in [0.5, 0.6) is 5.75 Å². The highest BCUT2D eigenvalue weighted by Crippen LogP contribution is 2.44. The van der Waals surface area contributed by atoms with Gasteiger partial charge in [0.2, 0.25) is 5.89 Å². The summed E-state index contributed by atoms with van der Waals surface area (Å²) in [4.78, 5) is 25.2. The van der Waals surface area contributed by atoms with Crippen LogP contribution < -0.4 is 9.64 Å². The van der Waals surface area contributed by atoms with Crippen molar-refractivity contribution in [2.24, 2.45) is 0 Å². The molecule has 0 aliphatic carbocycles. The monoisotopic (exact) mass is 494 g/mol. The van der Waals surface area contributed by atoms with Gasteiger partial charge in [-0.05, 0) is 39.3 Å². The number of aliphatic hydroxyl groups is 1. The summed E-state index contributed by atoms with van der Waals surface area (Å²) in [6, 6.07) is 2.92. The molecule has 2 unspecified atom stereocenters. The normalized spacial score (nSPS) is 20.4. The zero-order valence-electron chi connectivity index (χ0n) is 18.8. The van der Waals surface area contributed by atoms with Crippen LogP contribution in [0, 0.1) is 0 Å². The first-order valence-corrected chi connectivity index (χ1v) is 11.6. The fourth-order valence-electron chi connectivity index (χ4n) is 4.29. The lowest BCUT2D eigenvalue weighted by molar-refractivity contribution is -0.200. The zero-order chi connectivity index (χ0) is 24.3. The van der Waals surface area contributed by atoms with Crippen molar-refractivity contribution in [3.63, 3.8) is 0 Å². The van der Waals surface area contributed by atoms with Gasteiger partial charge < -0.3 is 23.9 Å². The molecule has 12 heteroatoms. The van der Waals surface area contributed by atoms with Crippen LogP contribution in [0.15, 0.2) is 29.0 Å². The predicted molar refractivity (Wildman–Crippen MR) is 120 cm³/mol. The van der Waals surface area contributed by atoms with Crippen LogP contribution in [0.1, 0.15) is 27.2 Å². The molecule has 0 saturated carbocycles. The van der Waals surface area contributed by atoms with Crippen molar-refractivity contribution in [2.75, 3.05) is 24.6 Å². The number of benzene rings is 1. The van der Waals surface area contributed by atoms with Gasteiger partial charge in [-0.3, -0.25) is 4.90 Å². The highest BCUT2D eigenvalue weighted by molar-refractivity contribution is 7.22. The molecule has 0 radical (unpaired) electrons. The number of halogens is 2. The van der Waals surface area contributed by atoms with E-state index in [9.17, 15) is 13.6 Å². The molecular formula is C22H24F2N4O5S. The maximum atomic E-state index is 13.8.